The molecule has 0 bridgehead atoms. The second-order valence-electron chi connectivity index (χ2n) is 8.19. The highest BCUT2D eigenvalue weighted by molar-refractivity contribution is 7.07. The number of carbonyl (C=O) groups is 2. The standard InChI is InChI=1S/C27H26N2O8S/c1-14-23(26(32)36-6)24(17-8-10-18(33-3)21(13-17)35-5)29-25(31)22(38-27(29)28-14)12-16-7-9-19(37-15(2)30)20(11-16)34-4/h7-13,24H,1-6H3/b22-12+/t24-/m1/s1. The Kier molecular flexibility index (Phi) is 7.67. The van der Waals surface area contributed by atoms with Crippen molar-refractivity contribution < 1.29 is 33.3 Å². The molecule has 2 aromatic carbocycles. The molecular weight excluding hydrogens is 512 g/mol. The van der Waals surface area contributed by atoms with E-state index in [0.717, 1.165) is 0 Å². The van der Waals surface area contributed by atoms with Gasteiger partial charge in [-0.1, -0.05) is 23.5 Å². The average Bonchev–Trinajstić information content (AvgIpc) is 3.21. The van der Waals surface area contributed by atoms with E-state index in [1.807, 2.05) is 0 Å². The van der Waals surface area contributed by atoms with Crippen LogP contribution in [0.2, 0.25) is 0 Å². The molecule has 0 unspecified atom stereocenters. The second-order valence-corrected chi connectivity index (χ2v) is 9.20. The zero-order valence-electron chi connectivity index (χ0n) is 21.7. The van der Waals surface area contributed by atoms with Crippen LogP contribution in [0, 0.1) is 0 Å². The molecule has 1 atom stereocenters. The van der Waals surface area contributed by atoms with Crippen LogP contribution in [-0.2, 0) is 14.3 Å². The van der Waals surface area contributed by atoms with E-state index in [9.17, 15) is 14.4 Å². The number of nitrogens with zero attached hydrogens (tertiary/aromatic N) is 2. The third-order valence-electron chi connectivity index (χ3n) is 5.89. The first-order chi connectivity index (χ1) is 18.2. The van der Waals surface area contributed by atoms with Gasteiger partial charge in [0.05, 0.1) is 50.3 Å². The fourth-order valence-corrected chi connectivity index (χ4v) is 5.24. The Morgan fingerprint density at radius 3 is 2.24 bits per heavy atom. The smallest absolute Gasteiger partial charge is 0.338 e. The number of carbonyl (C=O) groups excluding carboxylic acids is 2. The van der Waals surface area contributed by atoms with Crippen LogP contribution in [-0.4, -0.2) is 44.9 Å². The molecule has 38 heavy (non-hydrogen) atoms. The zero-order valence-corrected chi connectivity index (χ0v) is 22.5. The number of aromatic nitrogens is 1. The number of hydrogen-bond donors (Lipinski definition) is 0. The van der Waals surface area contributed by atoms with Crippen molar-refractivity contribution in [2.75, 3.05) is 28.4 Å². The Labute approximate surface area is 222 Å². The zero-order chi connectivity index (χ0) is 27.6. The maximum Gasteiger partial charge on any atom is 0.338 e. The van der Waals surface area contributed by atoms with Gasteiger partial charge in [0, 0.05) is 6.92 Å². The SMILES string of the molecule is COC(=O)C1=C(C)N=c2s/c(=C/c3ccc(OC(C)=O)c(OC)c3)c(=O)n2[C@@H]1c1ccc(OC)c(OC)c1. The summed E-state index contributed by atoms with van der Waals surface area (Å²) in [5, 5.41) is 0. The summed E-state index contributed by atoms with van der Waals surface area (Å²) < 4.78 is 28.2. The summed E-state index contributed by atoms with van der Waals surface area (Å²) in [7, 11) is 5.78. The van der Waals surface area contributed by atoms with E-state index in [1.54, 1.807) is 49.4 Å². The Balaban J connectivity index is 1.92. The number of esters is 2. The largest absolute Gasteiger partial charge is 0.493 e. The van der Waals surface area contributed by atoms with Gasteiger partial charge in [-0.3, -0.25) is 14.2 Å². The number of methoxy groups -OCH3 is 4. The molecule has 0 N–H and O–H groups in total. The highest BCUT2D eigenvalue weighted by Gasteiger charge is 2.33. The number of ether oxygens (including phenoxy) is 5. The van der Waals surface area contributed by atoms with E-state index in [4.69, 9.17) is 23.7 Å². The van der Waals surface area contributed by atoms with Crippen molar-refractivity contribution in [2.24, 2.45) is 4.99 Å². The van der Waals surface area contributed by atoms with Gasteiger partial charge in [-0.25, -0.2) is 9.79 Å². The predicted octanol–water partition coefficient (Wildman–Crippen LogP) is 2.36. The molecule has 1 aliphatic rings. The molecule has 0 aliphatic carbocycles. The molecular formula is C27H26N2O8S. The summed E-state index contributed by atoms with van der Waals surface area (Å²) in [6.45, 7) is 3.00. The fourth-order valence-electron chi connectivity index (χ4n) is 4.20. The lowest BCUT2D eigenvalue weighted by Crippen LogP contribution is -2.39. The van der Waals surface area contributed by atoms with E-state index in [-0.39, 0.29) is 16.9 Å². The van der Waals surface area contributed by atoms with Crippen molar-refractivity contribution in [3.05, 3.63) is 78.5 Å². The first-order valence-electron chi connectivity index (χ1n) is 11.4. The van der Waals surface area contributed by atoms with Crippen LogP contribution in [0.3, 0.4) is 0 Å². The second kappa shape index (κ2) is 10.9. The van der Waals surface area contributed by atoms with Crippen LogP contribution >= 0.6 is 11.3 Å². The van der Waals surface area contributed by atoms with Crippen molar-refractivity contribution in [1.29, 1.82) is 0 Å². The molecule has 10 nitrogen and oxygen atoms in total. The molecule has 11 heteroatoms. The van der Waals surface area contributed by atoms with Crippen LogP contribution in [0.5, 0.6) is 23.0 Å². The van der Waals surface area contributed by atoms with Gasteiger partial charge >= 0.3 is 11.9 Å². The van der Waals surface area contributed by atoms with Crippen LogP contribution in [0.15, 0.2) is 57.5 Å². The summed E-state index contributed by atoms with van der Waals surface area (Å²) in [6.07, 6.45) is 1.69. The van der Waals surface area contributed by atoms with Crippen LogP contribution in [0.4, 0.5) is 0 Å². The van der Waals surface area contributed by atoms with Gasteiger partial charge in [-0.15, -0.1) is 0 Å². The molecule has 0 radical (unpaired) electrons. The Morgan fingerprint density at radius 2 is 1.61 bits per heavy atom. The molecule has 1 aliphatic heterocycles. The minimum atomic E-state index is -0.804. The Hall–Kier alpha value is -4.38. The molecule has 1 aromatic heterocycles. The number of allylic oxidation sites excluding steroid dienone is 1. The van der Waals surface area contributed by atoms with Gasteiger partial charge in [0.25, 0.3) is 5.56 Å². The maximum absolute atomic E-state index is 13.8. The van der Waals surface area contributed by atoms with Gasteiger partial charge in [0.1, 0.15) is 0 Å². The molecule has 0 saturated heterocycles. The molecule has 0 spiro atoms. The molecule has 3 aromatic rings. The van der Waals surface area contributed by atoms with Crippen LogP contribution in [0.25, 0.3) is 6.08 Å². The molecule has 0 fully saturated rings. The van der Waals surface area contributed by atoms with Gasteiger partial charge in [0.2, 0.25) is 0 Å². The average molecular weight is 539 g/mol. The van der Waals surface area contributed by atoms with Crippen molar-refractivity contribution >= 4 is 29.4 Å². The van der Waals surface area contributed by atoms with Crippen molar-refractivity contribution in [1.82, 2.24) is 4.57 Å². The lowest BCUT2D eigenvalue weighted by molar-refractivity contribution is -0.136. The number of fused-ring (bicyclic) bond motifs is 1. The predicted molar refractivity (Wildman–Crippen MR) is 140 cm³/mol. The lowest BCUT2D eigenvalue weighted by Gasteiger charge is -2.25. The Bertz CT molecular complexity index is 1630. The van der Waals surface area contributed by atoms with E-state index in [2.05, 4.69) is 4.99 Å². The number of hydrogen-bond acceptors (Lipinski definition) is 10. The topological polar surface area (TPSA) is 115 Å². The van der Waals surface area contributed by atoms with E-state index < -0.39 is 18.0 Å². The summed E-state index contributed by atoms with van der Waals surface area (Å²) >= 11 is 1.19. The summed E-state index contributed by atoms with van der Waals surface area (Å²) in [5.74, 6) is 0.502. The molecule has 2 heterocycles. The first-order valence-corrected chi connectivity index (χ1v) is 12.2. The highest BCUT2D eigenvalue weighted by Crippen LogP contribution is 2.36. The molecule has 198 valence electrons. The summed E-state index contributed by atoms with van der Waals surface area (Å²) in [5.41, 5.74) is 1.61. The van der Waals surface area contributed by atoms with Crippen molar-refractivity contribution in [3.8, 4) is 23.0 Å². The summed E-state index contributed by atoms with van der Waals surface area (Å²) in [6, 6.07) is 9.36. The number of rotatable bonds is 7. The van der Waals surface area contributed by atoms with Gasteiger partial charge in [-0.05, 0) is 48.4 Å². The quantitative estimate of drug-likeness (QED) is 0.333. The number of benzene rings is 2. The van der Waals surface area contributed by atoms with Gasteiger partial charge in [-0.2, -0.15) is 0 Å². The van der Waals surface area contributed by atoms with Crippen molar-refractivity contribution in [2.45, 2.75) is 19.9 Å². The van der Waals surface area contributed by atoms with E-state index >= 15 is 0 Å². The third-order valence-corrected chi connectivity index (χ3v) is 6.87. The van der Waals surface area contributed by atoms with Gasteiger partial charge in [0.15, 0.2) is 27.8 Å². The monoisotopic (exact) mass is 538 g/mol. The van der Waals surface area contributed by atoms with Gasteiger partial charge < -0.3 is 23.7 Å². The highest BCUT2D eigenvalue weighted by atomic mass is 32.1. The molecule has 0 amide bonds. The Morgan fingerprint density at radius 1 is 0.947 bits per heavy atom. The minimum Gasteiger partial charge on any atom is -0.493 e. The first kappa shape index (κ1) is 26.7. The molecule has 0 saturated carbocycles. The van der Waals surface area contributed by atoms with E-state index in [1.165, 1.54) is 51.3 Å². The summed E-state index contributed by atoms with van der Waals surface area (Å²) in [4.78, 5) is 43.0. The van der Waals surface area contributed by atoms with Crippen molar-refractivity contribution in [3.63, 3.8) is 0 Å². The van der Waals surface area contributed by atoms with E-state index in [0.29, 0.717) is 43.4 Å². The fraction of sp³-hybridized carbons (Fsp3) is 0.259. The third kappa shape index (κ3) is 4.92. The minimum absolute atomic E-state index is 0.242. The maximum atomic E-state index is 13.8. The molecule has 4 rings (SSSR count). The lowest BCUT2D eigenvalue weighted by atomic mass is 9.95. The van der Waals surface area contributed by atoms with Crippen LogP contribution < -0.4 is 33.8 Å². The number of thiazole rings is 1. The normalized spacial score (nSPS) is 14.9. The van der Waals surface area contributed by atoms with Crippen LogP contribution in [0.1, 0.15) is 31.0 Å².